The minimum Gasteiger partial charge on any atom is -0.356 e. The van der Waals surface area contributed by atoms with E-state index in [1.54, 1.807) is 0 Å². The number of amides is 1. The standard InChI is InChI=1S/C23H26N2O.ClH/c24-16-10-9-14(11-16)23(26)25-13-15-12-21-17-5-1-3-7-19(17)22(15)20-8-4-2-6-18(20)21;/h1-8,14-16,21-22H,9-13,24H2,(H,25,26);1H. The van der Waals surface area contributed by atoms with Gasteiger partial charge in [-0.2, -0.15) is 0 Å². The number of benzene rings is 2. The van der Waals surface area contributed by atoms with Gasteiger partial charge in [-0.05, 0) is 53.9 Å². The molecule has 0 aliphatic heterocycles. The molecule has 3 atom stereocenters. The number of rotatable bonds is 3. The molecular formula is C23H27ClN2O. The summed E-state index contributed by atoms with van der Waals surface area (Å²) in [4.78, 5) is 12.6. The van der Waals surface area contributed by atoms with Crippen molar-refractivity contribution in [2.75, 3.05) is 6.54 Å². The van der Waals surface area contributed by atoms with Crippen molar-refractivity contribution in [2.45, 2.75) is 43.6 Å². The van der Waals surface area contributed by atoms with Crippen molar-refractivity contribution in [2.24, 2.45) is 17.6 Å². The molecule has 0 heterocycles. The van der Waals surface area contributed by atoms with Gasteiger partial charge in [-0.3, -0.25) is 4.79 Å². The predicted molar refractivity (Wildman–Crippen MR) is 110 cm³/mol. The Balaban J connectivity index is 0.00000180. The van der Waals surface area contributed by atoms with Gasteiger partial charge < -0.3 is 11.1 Å². The second-order valence-electron chi connectivity index (χ2n) is 8.30. The lowest BCUT2D eigenvalue weighted by Gasteiger charge is -2.45. The largest absolute Gasteiger partial charge is 0.356 e. The first-order valence-corrected chi connectivity index (χ1v) is 9.93. The highest BCUT2D eigenvalue weighted by atomic mass is 35.5. The van der Waals surface area contributed by atoms with Crippen LogP contribution in [0.5, 0.6) is 0 Å². The normalized spacial score (nSPS) is 30.2. The zero-order valence-corrected chi connectivity index (χ0v) is 16.3. The van der Waals surface area contributed by atoms with Crippen molar-refractivity contribution in [3.05, 3.63) is 70.8 Å². The van der Waals surface area contributed by atoms with Crippen molar-refractivity contribution in [1.82, 2.24) is 5.32 Å². The molecule has 2 aromatic rings. The molecule has 2 bridgehead atoms. The van der Waals surface area contributed by atoms with Gasteiger partial charge in [0.25, 0.3) is 0 Å². The lowest BCUT2D eigenvalue weighted by atomic mass is 9.59. The second-order valence-corrected chi connectivity index (χ2v) is 8.30. The molecule has 3 unspecified atom stereocenters. The zero-order valence-electron chi connectivity index (χ0n) is 15.4. The molecule has 4 aliphatic rings. The summed E-state index contributed by atoms with van der Waals surface area (Å²) in [6, 6.07) is 18.0. The molecule has 0 aromatic heterocycles. The Morgan fingerprint density at radius 2 is 1.52 bits per heavy atom. The van der Waals surface area contributed by atoms with Gasteiger partial charge in [-0.1, -0.05) is 48.5 Å². The molecule has 0 radical (unpaired) electrons. The molecule has 3 nitrogen and oxygen atoms in total. The Hall–Kier alpha value is -1.84. The van der Waals surface area contributed by atoms with Crippen molar-refractivity contribution in [3.8, 4) is 0 Å². The van der Waals surface area contributed by atoms with Crippen LogP contribution >= 0.6 is 12.4 Å². The van der Waals surface area contributed by atoms with Crippen LogP contribution in [0.1, 0.15) is 59.8 Å². The summed E-state index contributed by atoms with van der Waals surface area (Å²) in [6.07, 6.45) is 3.89. The van der Waals surface area contributed by atoms with Crippen LogP contribution < -0.4 is 11.1 Å². The average Bonchev–Trinajstić information content (AvgIpc) is 3.13. The van der Waals surface area contributed by atoms with E-state index < -0.39 is 0 Å². The number of fused-ring (bicyclic) bond motifs is 1. The summed E-state index contributed by atoms with van der Waals surface area (Å²) < 4.78 is 0. The van der Waals surface area contributed by atoms with E-state index in [0.717, 1.165) is 32.2 Å². The highest BCUT2D eigenvalue weighted by Crippen LogP contribution is 2.55. The van der Waals surface area contributed by atoms with E-state index in [2.05, 4.69) is 53.8 Å². The third-order valence-electron chi connectivity index (χ3n) is 6.81. The highest BCUT2D eigenvalue weighted by Gasteiger charge is 2.43. The van der Waals surface area contributed by atoms with Crippen LogP contribution in [0.25, 0.3) is 0 Å². The summed E-state index contributed by atoms with van der Waals surface area (Å²) in [6.45, 7) is 0.772. The SMILES string of the molecule is Cl.NC1CCC(C(=O)NCC2CC3c4ccccc4C2c2ccccc23)C1. The fourth-order valence-electron chi connectivity index (χ4n) is 5.59. The summed E-state index contributed by atoms with van der Waals surface area (Å²) in [5.74, 6) is 1.67. The van der Waals surface area contributed by atoms with Crippen LogP contribution in [0.3, 0.4) is 0 Å². The Labute approximate surface area is 167 Å². The molecule has 4 heteroatoms. The molecule has 0 spiro atoms. The van der Waals surface area contributed by atoms with E-state index in [1.165, 1.54) is 22.3 Å². The summed E-state index contributed by atoms with van der Waals surface area (Å²) in [5, 5.41) is 3.27. The van der Waals surface area contributed by atoms with Gasteiger partial charge in [0, 0.05) is 30.3 Å². The fourth-order valence-corrected chi connectivity index (χ4v) is 5.59. The van der Waals surface area contributed by atoms with E-state index in [4.69, 9.17) is 5.73 Å². The number of hydrogen-bond acceptors (Lipinski definition) is 2. The van der Waals surface area contributed by atoms with Crippen LogP contribution in [0, 0.1) is 11.8 Å². The Morgan fingerprint density at radius 1 is 0.926 bits per heavy atom. The molecule has 142 valence electrons. The Bertz CT molecular complexity index is 804. The first kappa shape index (κ1) is 18.5. The van der Waals surface area contributed by atoms with Crippen molar-refractivity contribution in [1.29, 1.82) is 0 Å². The molecule has 0 saturated heterocycles. The van der Waals surface area contributed by atoms with Gasteiger partial charge >= 0.3 is 0 Å². The van der Waals surface area contributed by atoms with E-state index in [-0.39, 0.29) is 30.3 Å². The molecule has 6 rings (SSSR count). The highest BCUT2D eigenvalue weighted by molar-refractivity contribution is 5.85. The van der Waals surface area contributed by atoms with E-state index >= 15 is 0 Å². The maximum absolute atomic E-state index is 12.6. The van der Waals surface area contributed by atoms with Crippen LogP contribution in [0.4, 0.5) is 0 Å². The van der Waals surface area contributed by atoms with Gasteiger partial charge in [0.05, 0.1) is 0 Å². The number of carbonyl (C=O) groups excluding carboxylic acids is 1. The van der Waals surface area contributed by atoms with Gasteiger partial charge in [0.1, 0.15) is 0 Å². The Kier molecular flexibility index (Phi) is 5.00. The minimum absolute atomic E-state index is 0. The monoisotopic (exact) mass is 382 g/mol. The predicted octanol–water partition coefficient (Wildman–Crippen LogP) is 3.95. The molecule has 27 heavy (non-hydrogen) atoms. The van der Waals surface area contributed by atoms with Crippen LogP contribution in [0.15, 0.2) is 48.5 Å². The van der Waals surface area contributed by atoms with Gasteiger partial charge in [0.15, 0.2) is 0 Å². The van der Waals surface area contributed by atoms with Crippen LogP contribution in [-0.2, 0) is 4.79 Å². The van der Waals surface area contributed by atoms with Crippen LogP contribution in [0.2, 0.25) is 0 Å². The molecule has 1 saturated carbocycles. The second kappa shape index (κ2) is 7.29. The minimum atomic E-state index is 0. The van der Waals surface area contributed by atoms with Crippen molar-refractivity contribution < 1.29 is 4.79 Å². The number of carbonyl (C=O) groups is 1. The van der Waals surface area contributed by atoms with Gasteiger partial charge in [0.2, 0.25) is 5.91 Å². The molecule has 4 aliphatic carbocycles. The molecule has 3 N–H and O–H groups in total. The maximum Gasteiger partial charge on any atom is 0.223 e. The van der Waals surface area contributed by atoms with Gasteiger partial charge in [-0.15, -0.1) is 12.4 Å². The quantitative estimate of drug-likeness (QED) is 0.844. The van der Waals surface area contributed by atoms with Crippen molar-refractivity contribution in [3.63, 3.8) is 0 Å². The number of halogens is 1. The number of nitrogens with one attached hydrogen (secondary N) is 1. The van der Waals surface area contributed by atoms with E-state index in [1.807, 2.05) is 0 Å². The smallest absolute Gasteiger partial charge is 0.223 e. The number of nitrogens with two attached hydrogens (primary N) is 1. The zero-order chi connectivity index (χ0) is 17.7. The van der Waals surface area contributed by atoms with Gasteiger partial charge in [-0.25, -0.2) is 0 Å². The number of hydrogen-bond donors (Lipinski definition) is 2. The van der Waals surface area contributed by atoms with Crippen LogP contribution in [-0.4, -0.2) is 18.5 Å². The first-order valence-electron chi connectivity index (χ1n) is 9.93. The lowest BCUT2D eigenvalue weighted by Crippen LogP contribution is -2.40. The molecular weight excluding hydrogens is 356 g/mol. The Morgan fingerprint density at radius 3 is 2.07 bits per heavy atom. The summed E-state index contributed by atoms with van der Waals surface area (Å²) >= 11 is 0. The summed E-state index contributed by atoms with van der Waals surface area (Å²) in [7, 11) is 0. The topological polar surface area (TPSA) is 55.1 Å². The maximum atomic E-state index is 12.6. The molecule has 1 fully saturated rings. The third kappa shape index (κ3) is 3.07. The molecule has 1 amide bonds. The third-order valence-corrected chi connectivity index (χ3v) is 6.81. The lowest BCUT2D eigenvalue weighted by molar-refractivity contribution is -0.125. The summed E-state index contributed by atoms with van der Waals surface area (Å²) in [5.41, 5.74) is 11.9. The fraction of sp³-hybridized carbons (Fsp3) is 0.435. The molecule has 2 aromatic carbocycles. The van der Waals surface area contributed by atoms with Crippen molar-refractivity contribution >= 4 is 18.3 Å². The first-order chi connectivity index (χ1) is 12.7. The van der Waals surface area contributed by atoms with E-state index in [0.29, 0.717) is 17.8 Å². The van der Waals surface area contributed by atoms with E-state index in [9.17, 15) is 4.79 Å². The average molecular weight is 383 g/mol.